The van der Waals surface area contributed by atoms with Gasteiger partial charge in [0.15, 0.2) is 5.81 Å². The van der Waals surface area contributed by atoms with Crippen LogP contribution in [0.25, 0.3) is 5.57 Å². The van der Waals surface area contributed by atoms with Gasteiger partial charge in [0, 0.05) is 19.2 Å². The molecule has 2 nitrogen and oxygen atoms in total. The third-order valence-corrected chi connectivity index (χ3v) is 4.25. The molecule has 0 N–H and O–H groups in total. The van der Waals surface area contributed by atoms with E-state index >= 15 is 0 Å². The second-order valence-corrected chi connectivity index (χ2v) is 5.83. The van der Waals surface area contributed by atoms with Gasteiger partial charge in [-0.2, -0.15) is 0 Å². The summed E-state index contributed by atoms with van der Waals surface area (Å²) < 4.78 is 27.4. The lowest BCUT2D eigenvalue weighted by atomic mass is 9.88. The highest BCUT2D eigenvalue weighted by molar-refractivity contribution is 6.56. The van der Waals surface area contributed by atoms with Crippen molar-refractivity contribution in [1.29, 1.82) is 0 Å². The summed E-state index contributed by atoms with van der Waals surface area (Å²) in [5.41, 5.74) is 3.33. The van der Waals surface area contributed by atoms with Crippen LogP contribution in [0, 0.1) is 11.6 Å². The first-order valence-electron chi connectivity index (χ1n) is 7.83. The molecule has 0 spiro atoms. The Labute approximate surface area is 141 Å². The predicted molar refractivity (Wildman–Crippen MR) is 90.8 cm³/mol. The highest BCUT2D eigenvalue weighted by Gasteiger charge is 2.20. The van der Waals surface area contributed by atoms with E-state index in [0.717, 1.165) is 22.8 Å². The summed E-state index contributed by atoms with van der Waals surface area (Å²) in [6, 6.07) is 13.1. The Morgan fingerprint density at radius 2 is 1.50 bits per heavy atom. The fraction of sp³-hybridized carbons (Fsp3) is 0.211. The lowest BCUT2D eigenvalue weighted by molar-refractivity contribution is 0.217. The molecule has 2 aromatic carbocycles. The highest BCUT2D eigenvalue weighted by atomic mass is 19.1. The van der Waals surface area contributed by atoms with Crippen molar-refractivity contribution in [2.24, 2.45) is 0 Å². The van der Waals surface area contributed by atoms with Gasteiger partial charge in [0.25, 0.3) is 0 Å². The van der Waals surface area contributed by atoms with Crippen molar-refractivity contribution in [3.63, 3.8) is 0 Å². The van der Waals surface area contributed by atoms with Crippen molar-refractivity contribution >= 4 is 19.2 Å². The number of likely N-dealkylation sites (tertiary alicyclic amines) is 1. The van der Waals surface area contributed by atoms with E-state index in [0.29, 0.717) is 31.5 Å². The average Bonchev–Trinajstić information content (AvgIpc) is 2.56. The van der Waals surface area contributed by atoms with Crippen LogP contribution in [0.5, 0.6) is 0 Å². The number of piperidine rings is 1. The summed E-state index contributed by atoms with van der Waals surface area (Å²) in [6.45, 7) is 1.03. The van der Waals surface area contributed by atoms with Crippen LogP contribution >= 0.6 is 0 Å². The van der Waals surface area contributed by atoms with E-state index in [1.807, 2.05) is 30.3 Å². The van der Waals surface area contributed by atoms with E-state index in [4.69, 9.17) is 7.85 Å². The third-order valence-electron chi connectivity index (χ3n) is 4.25. The summed E-state index contributed by atoms with van der Waals surface area (Å²) in [5.74, 6) is -1.64. The first kappa shape index (κ1) is 16.4. The lowest BCUT2D eigenvalue weighted by Crippen LogP contribution is -2.35. The molecule has 1 saturated heterocycles. The van der Waals surface area contributed by atoms with Gasteiger partial charge in [-0.25, -0.2) is 8.78 Å². The molecule has 0 aromatic heterocycles. The van der Waals surface area contributed by atoms with Gasteiger partial charge in [0.2, 0.25) is 7.85 Å². The van der Waals surface area contributed by atoms with Crippen LogP contribution in [0.4, 0.5) is 13.6 Å². The monoisotopic (exact) mass is 323 g/mol. The molecule has 3 rings (SSSR count). The second kappa shape index (κ2) is 6.99. The first-order valence-corrected chi connectivity index (χ1v) is 7.83. The quantitative estimate of drug-likeness (QED) is 0.760. The van der Waals surface area contributed by atoms with Crippen LogP contribution in [0.2, 0.25) is 0 Å². The largest absolute Gasteiger partial charge is 0.352 e. The Balaban J connectivity index is 2.07. The third kappa shape index (κ3) is 3.56. The molecule has 0 aliphatic carbocycles. The van der Waals surface area contributed by atoms with Gasteiger partial charge in [-0.05, 0) is 41.7 Å². The van der Waals surface area contributed by atoms with Gasteiger partial charge in [-0.1, -0.05) is 35.9 Å². The molecule has 1 aliphatic rings. The van der Waals surface area contributed by atoms with Crippen LogP contribution in [0.3, 0.4) is 0 Å². The minimum atomic E-state index is -0.603. The van der Waals surface area contributed by atoms with Crippen molar-refractivity contribution < 1.29 is 13.6 Å². The Morgan fingerprint density at radius 1 is 0.917 bits per heavy atom. The van der Waals surface area contributed by atoms with Gasteiger partial charge >= 0.3 is 0 Å². The summed E-state index contributed by atoms with van der Waals surface area (Å²) in [4.78, 5) is 12.9. The van der Waals surface area contributed by atoms with E-state index in [1.54, 1.807) is 4.90 Å². The molecule has 2 radical (unpaired) electrons. The van der Waals surface area contributed by atoms with Gasteiger partial charge in [-0.3, -0.25) is 4.79 Å². The number of amides is 1. The van der Waals surface area contributed by atoms with Gasteiger partial charge in [0.05, 0.1) is 0 Å². The molecule has 1 aliphatic heterocycles. The summed E-state index contributed by atoms with van der Waals surface area (Å²) in [6.07, 6.45) is 1.26. The van der Waals surface area contributed by atoms with Crippen LogP contribution in [-0.2, 0) is 0 Å². The van der Waals surface area contributed by atoms with Crippen LogP contribution in [-0.4, -0.2) is 31.6 Å². The van der Waals surface area contributed by atoms with Crippen LogP contribution in [0.1, 0.15) is 24.0 Å². The lowest BCUT2D eigenvalue weighted by Gasteiger charge is -2.30. The molecule has 0 unspecified atom stereocenters. The van der Waals surface area contributed by atoms with Gasteiger partial charge in [-0.15, -0.1) is 0 Å². The normalized spacial score (nSPS) is 14.6. The molecule has 2 aromatic rings. The Hall–Kier alpha value is -2.43. The molecule has 24 heavy (non-hydrogen) atoms. The zero-order valence-corrected chi connectivity index (χ0v) is 13.1. The Bertz CT molecular complexity index is 759. The zero-order valence-electron chi connectivity index (χ0n) is 13.1. The van der Waals surface area contributed by atoms with Crippen molar-refractivity contribution in [2.75, 3.05) is 13.1 Å². The minimum Gasteiger partial charge on any atom is -0.352 e. The van der Waals surface area contributed by atoms with E-state index in [-0.39, 0.29) is 0 Å². The maximum atomic E-state index is 13.7. The first-order chi connectivity index (χ1) is 11.5. The molecular weight excluding hydrogens is 307 g/mol. The van der Waals surface area contributed by atoms with Crippen LogP contribution in [0.15, 0.2) is 54.1 Å². The maximum Gasteiger partial charge on any atom is 0.200 e. The molecule has 5 heteroatoms. The molecule has 1 fully saturated rings. The molecule has 0 bridgehead atoms. The predicted octanol–water partition coefficient (Wildman–Crippen LogP) is 4.15. The SMILES string of the molecule is [B]C(=O)N1CCC(=C(c2ccccc2)c2cc(F)cc(F)c2)CC1. The molecule has 1 amide bonds. The number of halogens is 2. The number of nitrogens with zero attached hydrogens (tertiary/aromatic N) is 1. The van der Waals surface area contributed by atoms with Gasteiger partial charge in [0.1, 0.15) is 11.6 Å². The number of carbonyl (C=O) groups is 1. The van der Waals surface area contributed by atoms with Gasteiger partial charge < -0.3 is 4.90 Å². The average molecular weight is 323 g/mol. The fourth-order valence-electron chi connectivity index (χ4n) is 3.12. The van der Waals surface area contributed by atoms with E-state index < -0.39 is 17.4 Å². The number of carbonyl (C=O) groups excluding carboxylic acids is 1. The summed E-state index contributed by atoms with van der Waals surface area (Å²) in [5, 5.41) is 0. The topological polar surface area (TPSA) is 20.3 Å². The van der Waals surface area contributed by atoms with E-state index in [1.165, 1.54) is 12.1 Å². The van der Waals surface area contributed by atoms with E-state index in [2.05, 4.69) is 0 Å². The molecule has 0 atom stereocenters. The Morgan fingerprint density at radius 3 is 2.04 bits per heavy atom. The smallest absolute Gasteiger partial charge is 0.200 e. The van der Waals surface area contributed by atoms with Crippen molar-refractivity contribution in [3.8, 4) is 0 Å². The maximum absolute atomic E-state index is 13.7. The summed E-state index contributed by atoms with van der Waals surface area (Å²) >= 11 is 0. The second-order valence-electron chi connectivity index (χ2n) is 5.83. The zero-order chi connectivity index (χ0) is 17.1. The standard InChI is InChI=1S/C19H16BF2NO/c20-19(24)23-8-6-14(7-9-23)18(13-4-2-1-3-5-13)15-10-16(21)12-17(22)11-15/h1-5,10-12H,6-9H2. The molecular formula is C19H16BF2NO. The summed E-state index contributed by atoms with van der Waals surface area (Å²) in [7, 11) is 5.32. The molecule has 120 valence electrons. The van der Waals surface area contributed by atoms with Crippen LogP contribution < -0.4 is 0 Å². The van der Waals surface area contributed by atoms with Crippen molar-refractivity contribution in [3.05, 3.63) is 76.9 Å². The molecule has 0 saturated carbocycles. The number of hydrogen-bond acceptors (Lipinski definition) is 1. The Kier molecular flexibility index (Phi) is 4.79. The van der Waals surface area contributed by atoms with Crippen molar-refractivity contribution in [2.45, 2.75) is 12.8 Å². The fourth-order valence-corrected chi connectivity index (χ4v) is 3.12. The number of rotatable bonds is 2. The van der Waals surface area contributed by atoms with E-state index in [9.17, 15) is 13.6 Å². The minimum absolute atomic E-state index is 0.438. The molecule has 1 heterocycles. The number of hydrogen-bond donors (Lipinski definition) is 0. The highest BCUT2D eigenvalue weighted by Crippen LogP contribution is 2.33. The van der Waals surface area contributed by atoms with Crippen molar-refractivity contribution in [1.82, 2.24) is 4.90 Å². The number of benzene rings is 2.